The molecule has 1 aromatic rings. The van der Waals surface area contributed by atoms with Crippen molar-refractivity contribution in [1.82, 2.24) is 9.97 Å². The molecule has 1 heterocycles. The lowest BCUT2D eigenvalue weighted by molar-refractivity contribution is 0.758. The lowest BCUT2D eigenvalue weighted by atomic mass is 10.3. The molecule has 0 amide bonds. The number of nitrogens with zero attached hydrogens (tertiary/aromatic N) is 3. The molecule has 0 radical (unpaired) electrons. The first kappa shape index (κ1) is 12.6. The largest absolute Gasteiger partial charge is 0.347 e. The first-order valence-electron chi connectivity index (χ1n) is 4.82. The van der Waals surface area contributed by atoms with E-state index in [-0.39, 0.29) is 0 Å². The topological polar surface area (TPSA) is 29.0 Å². The Labute approximate surface area is 100 Å². The van der Waals surface area contributed by atoms with E-state index in [0.29, 0.717) is 11.8 Å². The van der Waals surface area contributed by atoms with Crippen LogP contribution < -0.4 is 4.90 Å². The molecule has 0 saturated heterocycles. The highest BCUT2D eigenvalue weighted by Crippen LogP contribution is 2.20. The first-order chi connectivity index (χ1) is 7.13. The molecule has 1 unspecified atom stereocenters. The van der Waals surface area contributed by atoms with E-state index in [1.54, 1.807) is 18.0 Å². The van der Waals surface area contributed by atoms with E-state index < -0.39 is 0 Å². The van der Waals surface area contributed by atoms with Gasteiger partial charge in [0.05, 0.1) is 0 Å². The van der Waals surface area contributed by atoms with Gasteiger partial charge >= 0.3 is 0 Å². The van der Waals surface area contributed by atoms with Crippen molar-refractivity contribution in [3.63, 3.8) is 0 Å². The monoisotopic (exact) mass is 245 g/mol. The summed E-state index contributed by atoms with van der Waals surface area (Å²) in [5.74, 6) is 2.94. The van der Waals surface area contributed by atoms with E-state index >= 15 is 0 Å². The van der Waals surface area contributed by atoms with Crippen LogP contribution in [-0.4, -0.2) is 35.7 Å². The van der Waals surface area contributed by atoms with E-state index in [9.17, 15) is 0 Å². The Morgan fingerprint density at radius 1 is 1.53 bits per heavy atom. The van der Waals surface area contributed by atoms with Crippen molar-refractivity contribution in [3.8, 4) is 0 Å². The van der Waals surface area contributed by atoms with Gasteiger partial charge in [0.1, 0.15) is 5.03 Å². The summed E-state index contributed by atoms with van der Waals surface area (Å²) < 4.78 is 0. The van der Waals surface area contributed by atoms with E-state index in [1.165, 1.54) is 0 Å². The average molecular weight is 246 g/mol. The predicted molar refractivity (Wildman–Crippen MR) is 67.0 cm³/mol. The third-order valence-electron chi connectivity index (χ3n) is 1.80. The summed E-state index contributed by atoms with van der Waals surface area (Å²) in [5.41, 5.74) is 0. The number of halogens is 1. The maximum atomic E-state index is 5.75. The first-order valence-corrected chi connectivity index (χ1v) is 6.34. The minimum atomic E-state index is 0.509. The number of thioether (sulfide) groups is 1. The van der Waals surface area contributed by atoms with E-state index in [4.69, 9.17) is 11.6 Å². The number of alkyl halides is 1. The highest BCUT2D eigenvalue weighted by molar-refractivity contribution is 7.99. The quantitative estimate of drug-likeness (QED) is 0.453. The summed E-state index contributed by atoms with van der Waals surface area (Å²) in [7, 11) is 3.87. The highest BCUT2D eigenvalue weighted by Gasteiger charge is 2.04. The summed E-state index contributed by atoms with van der Waals surface area (Å²) in [6, 6.07) is 1.93. The zero-order valence-electron chi connectivity index (χ0n) is 9.27. The predicted octanol–water partition coefficient (Wildman–Crippen LogP) is 2.51. The minimum absolute atomic E-state index is 0.509. The molecule has 84 valence electrons. The van der Waals surface area contributed by atoms with Crippen molar-refractivity contribution in [1.29, 1.82) is 0 Å². The number of hydrogen-bond donors (Lipinski definition) is 0. The highest BCUT2D eigenvalue weighted by atomic mass is 35.5. The number of anilines is 1. The average Bonchev–Trinajstić information content (AvgIpc) is 2.26. The molecular formula is C10H16ClN3S. The second-order valence-corrected chi connectivity index (χ2v) is 5.01. The van der Waals surface area contributed by atoms with Gasteiger partial charge in [-0.3, -0.25) is 0 Å². The Kier molecular flexibility index (Phi) is 5.19. The molecule has 0 spiro atoms. The van der Waals surface area contributed by atoms with Crippen LogP contribution in [0.25, 0.3) is 0 Å². The van der Waals surface area contributed by atoms with Gasteiger partial charge in [0, 0.05) is 31.9 Å². The summed E-state index contributed by atoms with van der Waals surface area (Å²) in [6.07, 6.45) is 1.79. The van der Waals surface area contributed by atoms with E-state index in [0.717, 1.165) is 16.7 Å². The molecule has 1 atom stereocenters. The summed E-state index contributed by atoms with van der Waals surface area (Å²) in [4.78, 5) is 10.5. The van der Waals surface area contributed by atoms with Crippen LogP contribution in [0.5, 0.6) is 0 Å². The van der Waals surface area contributed by atoms with Crippen molar-refractivity contribution >= 4 is 29.3 Å². The Bertz CT molecular complexity index is 306. The molecule has 0 aliphatic heterocycles. The van der Waals surface area contributed by atoms with Gasteiger partial charge < -0.3 is 4.90 Å². The second kappa shape index (κ2) is 6.18. The fraction of sp³-hybridized carbons (Fsp3) is 0.600. The van der Waals surface area contributed by atoms with E-state index in [1.807, 2.05) is 25.1 Å². The molecule has 0 aromatic carbocycles. The molecule has 1 rings (SSSR count). The van der Waals surface area contributed by atoms with Gasteiger partial charge in [-0.1, -0.05) is 6.92 Å². The fourth-order valence-corrected chi connectivity index (χ4v) is 2.02. The van der Waals surface area contributed by atoms with Gasteiger partial charge in [-0.15, -0.1) is 23.4 Å². The molecule has 15 heavy (non-hydrogen) atoms. The SMILES string of the molecule is CC(CCl)CSc1ccnc(N(C)C)n1. The lowest BCUT2D eigenvalue weighted by Gasteiger charge is -2.11. The molecule has 0 bridgehead atoms. The Balaban J connectivity index is 2.58. The number of aromatic nitrogens is 2. The van der Waals surface area contributed by atoms with Crippen molar-refractivity contribution in [2.75, 3.05) is 30.6 Å². The Morgan fingerprint density at radius 2 is 2.27 bits per heavy atom. The van der Waals surface area contributed by atoms with Crippen LogP contribution in [0.2, 0.25) is 0 Å². The number of hydrogen-bond acceptors (Lipinski definition) is 4. The summed E-state index contributed by atoms with van der Waals surface area (Å²) >= 11 is 7.47. The number of rotatable bonds is 5. The van der Waals surface area contributed by atoms with Crippen LogP contribution in [0.15, 0.2) is 17.3 Å². The fourth-order valence-electron chi connectivity index (χ4n) is 0.900. The molecule has 3 nitrogen and oxygen atoms in total. The van der Waals surface area contributed by atoms with Crippen LogP contribution in [0.4, 0.5) is 5.95 Å². The van der Waals surface area contributed by atoms with Crippen LogP contribution in [0.1, 0.15) is 6.92 Å². The van der Waals surface area contributed by atoms with Gasteiger partial charge in [0.15, 0.2) is 0 Å². The van der Waals surface area contributed by atoms with Gasteiger partial charge in [-0.05, 0) is 12.0 Å². The van der Waals surface area contributed by atoms with Crippen molar-refractivity contribution in [2.45, 2.75) is 11.9 Å². The zero-order valence-corrected chi connectivity index (χ0v) is 10.8. The molecule has 0 aliphatic carbocycles. The standard InChI is InChI=1S/C10H16ClN3S/c1-8(6-11)7-15-9-4-5-12-10(13-9)14(2)3/h4-5,8H,6-7H2,1-3H3. The maximum Gasteiger partial charge on any atom is 0.225 e. The maximum absolute atomic E-state index is 5.75. The Hall–Kier alpha value is -0.480. The summed E-state index contributed by atoms with van der Waals surface area (Å²) in [6.45, 7) is 2.13. The van der Waals surface area contributed by atoms with E-state index in [2.05, 4.69) is 16.9 Å². The van der Waals surface area contributed by atoms with Gasteiger partial charge in [0.2, 0.25) is 5.95 Å². The second-order valence-electron chi connectivity index (χ2n) is 3.66. The molecule has 0 aliphatic rings. The molecule has 0 saturated carbocycles. The van der Waals surface area contributed by atoms with Crippen LogP contribution >= 0.6 is 23.4 Å². The molecule has 0 N–H and O–H groups in total. The third kappa shape index (κ3) is 4.26. The van der Waals surface area contributed by atoms with Crippen LogP contribution in [0, 0.1) is 5.92 Å². The summed E-state index contributed by atoms with van der Waals surface area (Å²) in [5, 5.41) is 1.01. The van der Waals surface area contributed by atoms with Gasteiger partial charge in [0.25, 0.3) is 0 Å². The lowest BCUT2D eigenvalue weighted by Crippen LogP contribution is -2.12. The molecule has 5 heteroatoms. The normalized spacial score (nSPS) is 12.5. The minimum Gasteiger partial charge on any atom is -0.347 e. The zero-order chi connectivity index (χ0) is 11.3. The van der Waals surface area contributed by atoms with Gasteiger partial charge in [-0.2, -0.15) is 0 Å². The molecular weight excluding hydrogens is 230 g/mol. The van der Waals surface area contributed by atoms with Crippen molar-refractivity contribution in [3.05, 3.63) is 12.3 Å². The smallest absolute Gasteiger partial charge is 0.225 e. The molecule has 0 fully saturated rings. The van der Waals surface area contributed by atoms with Gasteiger partial charge in [-0.25, -0.2) is 9.97 Å². The van der Waals surface area contributed by atoms with Crippen molar-refractivity contribution < 1.29 is 0 Å². The Morgan fingerprint density at radius 3 is 2.87 bits per heavy atom. The van der Waals surface area contributed by atoms with Crippen LogP contribution in [0.3, 0.4) is 0 Å². The molecule has 1 aromatic heterocycles. The van der Waals surface area contributed by atoms with Crippen LogP contribution in [-0.2, 0) is 0 Å². The van der Waals surface area contributed by atoms with Crippen molar-refractivity contribution in [2.24, 2.45) is 5.92 Å². The third-order valence-corrected chi connectivity index (χ3v) is 3.58.